The second-order valence-corrected chi connectivity index (χ2v) is 8.36. The van der Waals surface area contributed by atoms with E-state index in [1.165, 1.54) is 12.8 Å². The minimum Gasteiger partial charge on any atom is -0.316 e. The van der Waals surface area contributed by atoms with Crippen molar-refractivity contribution in [2.24, 2.45) is 5.92 Å². The third-order valence-corrected chi connectivity index (χ3v) is 5.75. The average molecular weight is 290 g/mol. The van der Waals surface area contributed by atoms with Crippen LogP contribution in [0.15, 0.2) is 0 Å². The molecule has 1 aliphatic heterocycles. The Labute approximate surface area is 118 Å². The first-order chi connectivity index (χ1) is 8.94. The molecule has 0 aromatic heterocycles. The van der Waals surface area contributed by atoms with Crippen LogP contribution in [0.2, 0.25) is 0 Å². The third-order valence-electron chi connectivity index (χ3n) is 3.96. The fourth-order valence-corrected chi connectivity index (χ4v) is 3.46. The highest BCUT2D eigenvalue weighted by Crippen LogP contribution is 2.14. The molecule has 114 valence electrons. The smallest absolute Gasteiger partial charge is 0.150 e. The normalized spacial score (nSPS) is 21.2. The minimum atomic E-state index is -2.81. The molecule has 4 nitrogen and oxygen atoms in total. The summed E-state index contributed by atoms with van der Waals surface area (Å²) in [6.45, 7) is 10.4. The fraction of sp³-hybridized carbons (Fsp3) is 1.00. The van der Waals surface area contributed by atoms with Gasteiger partial charge in [0.1, 0.15) is 9.84 Å². The summed E-state index contributed by atoms with van der Waals surface area (Å²) in [6.07, 6.45) is 3.32. The lowest BCUT2D eigenvalue weighted by Crippen LogP contribution is -2.41. The first-order valence-electron chi connectivity index (χ1n) is 7.59. The average Bonchev–Trinajstić information content (AvgIpc) is 2.38. The first kappa shape index (κ1) is 16.9. The van der Waals surface area contributed by atoms with Crippen LogP contribution in [-0.2, 0) is 9.84 Å². The molecule has 0 amide bonds. The van der Waals surface area contributed by atoms with Crippen LogP contribution in [0.3, 0.4) is 0 Å². The highest BCUT2D eigenvalue weighted by molar-refractivity contribution is 7.91. The van der Waals surface area contributed by atoms with Crippen LogP contribution < -0.4 is 5.32 Å². The lowest BCUT2D eigenvalue weighted by molar-refractivity contribution is 0.172. The zero-order chi connectivity index (χ0) is 14.3. The Bertz CT molecular complexity index is 335. The second kappa shape index (κ2) is 8.22. The van der Waals surface area contributed by atoms with Crippen molar-refractivity contribution in [1.82, 2.24) is 10.2 Å². The van der Waals surface area contributed by atoms with E-state index in [9.17, 15) is 8.42 Å². The van der Waals surface area contributed by atoms with Crippen molar-refractivity contribution >= 4 is 9.84 Å². The van der Waals surface area contributed by atoms with Crippen LogP contribution >= 0.6 is 0 Å². The first-order valence-corrected chi connectivity index (χ1v) is 9.42. The monoisotopic (exact) mass is 290 g/mol. The van der Waals surface area contributed by atoms with Crippen LogP contribution in [-0.4, -0.2) is 57.0 Å². The molecule has 0 spiro atoms. The van der Waals surface area contributed by atoms with E-state index < -0.39 is 9.84 Å². The van der Waals surface area contributed by atoms with Gasteiger partial charge in [-0.15, -0.1) is 0 Å². The molecule has 0 radical (unpaired) electrons. The van der Waals surface area contributed by atoms with Crippen molar-refractivity contribution in [2.75, 3.05) is 37.7 Å². The maximum Gasteiger partial charge on any atom is 0.150 e. The van der Waals surface area contributed by atoms with Gasteiger partial charge in [0.25, 0.3) is 0 Å². The largest absolute Gasteiger partial charge is 0.316 e. The summed E-state index contributed by atoms with van der Waals surface area (Å²) < 4.78 is 23.0. The van der Waals surface area contributed by atoms with E-state index in [1.54, 1.807) is 6.92 Å². The van der Waals surface area contributed by atoms with Crippen molar-refractivity contribution in [3.05, 3.63) is 0 Å². The second-order valence-electron chi connectivity index (χ2n) is 5.89. The van der Waals surface area contributed by atoms with Crippen LogP contribution in [0, 0.1) is 5.92 Å². The fourth-order valence-electron chi connectivity index (χ4n) is 2.60. The summed E-state index contributed by atoms with van der Waals surface area (Å²) in [5.74, 6) is 1.32. The van der Waals surface area contributed by atoms with Gasteiger partial charge in [-0.05, 0) is 58.7 Å². The van der Waals surface area contributed by atoms with Gasteiger partial charge in [-0.1, -0.05) is 6.92 Å². The lowest BCUT2D eigenvalue weighted by Gasteiger charge is -2.32. The molecule has 1 unspecified atom stereocenters. The van der Waals surface area contributed by atoms with Crippen molar-refractivity contribution in [3.8, 4) is 0 Å². The van der Waals surface area contributed by atoms with Gasteiger partial charge in [0.2, 0.25) is 0 Å². The minimum absolute atomic E-state index is 0.265. The SMILES string of the molecule is CCS(=O)(=O)CCCN(CC1CCCNC1)C(C)C. The summed E-state index contributed by atoms with van der Waals surface area (Å²) in [7, 11) is -2.81. The molecule has 1 fully saturated rings. The molecule has 0 aromatic carbocycles. The van der Waals surface area contributed by atoms with Crippen LogP contribution in [0.5, 0.6) is 0 Å². The molecule has 1 rings (SSSR count). The van der Waals surface area contributed by atoms with Gasteiger partial charge in [-0.3, -0.25) is 0 Å². The molecular weight excluding hydrogens is 260 g/mol. The van der Waals surface area contributed by atoms with E-state index in [4.69, 9.17) is 0 Å². The van der Waals surface area contributed by atoms with Gasteiger partial charge in [-0.2, -0.15) is 0 Å². The number of nitrogens with one attached hydrogen (secondary N) is 1. The van der Waals surface area contributed by atoms with E-state index in [2.05, 4.69) is 24.1 Å². The lowest BCUT2D eigenvalue weighted by atomic mass is 9.98. The topological polar surface area (TPSA) is 49.4 Å². The Morgan fingerprint density at radius 2 is 2.11 bits per heavy atom. The molecule has 0 aromatic rings. The molecule has 1 saturated heterocycles. The van der Waals surface area contributed by atoms with Crippen molar-refractivity contribution in [1.29, 1.82) is 0 Å². The predicted molar refractivity (Wildman–Crippen MR) is 81.2 cm³/mol. The summed E-state index contributed by atoms with van der Waals surface area (Å²) in [6, 6.07) is 0.492. The Hall–Kier alpha value is -0.130. The van der Waals surface area contributed by atoms with Crippen molar-refractivity contribution < 1.29 is 8.42 Å². The Balaban J connectivity index is 2.35. The Kier molecular flexibility index (Phi) is 7.32. The van der Waals surface area contributed by atoms with E-state index in [0.29, 0.717) is 11.8 Å². The van der Waals surface area contributed by atoms with E-state index >= 15 is 0 Å². The van der Waals surface area contributed by atoms with E-state index in [-0.39, 0.29) is 5.75 Å². The van der Waals surface area contributed by atoms with Gasteiger partial charge in [-0.25, -0.2) is 8.42 Å². The summed E-state index contributed by atoms with van der Waals surface area (Å²) >= 11 is 0. The van der Waals surface area contributed by atoms with E-state index in [1.807, 2.05) is 0 Å². The number of piperidine rings is 1. The molecule has 0 aliphatic carbocycles. The van der Waals surface area contributed by atoms with Gasteiger partial charge >= 0.3 is 0 Å². The summed E-state index contributed by atoms with van der Waals surface area (Å²) in [4.78, 5) is 2.43. The number of rotatable bonds is 8. The predicted octanol–water partition coefficient (Wildman–Crippen LogP) is 1.52. The molecule has 5 heteroatoms. The number of hydrogen-bond acceptors (Lipinski definition) is 4. The van der Waals surface area contributed by atoms with Gasteiger partial charge in [0.15, 0.2) is 0 Å². The third kappa shape index (κ3) is 6.72. The number of sulfone groups is 1. The number of nitrogens with zero attached hydrogens (tertiary/aromatic N) is 1. The number of hydrogen-bond donors (Lipinski definition) is 1. The standard InChI is InChI=1S/C14H30N2O2S/c1-4-19(17,18)10-6-9-16(13(2)3)12-14-7-5-8-15-11-14/h13-15H,4-12H2,1-3H3. The maximum atomic E-state index is 11.5. The van der Waals surface area contributed by atoms with Crippen LogP contribution in [0.4, 0.5) is 0 Å². The van der Waals surface area contributed by atoms with E-state index in [0.717, 1.165) is 38.5 Å². The highest BCUT2D eigenvalue weighted by Gasteiger charge is 2.19. The summed E-state index contributed by atoms with van der Waals surface area (Å²) in [5.41, 5.74) is 0. The molecule has 0 saturated carbocycles. The van der Waals surface area contributed by atoms with Gasteiger partial charge < -0.3 is 10.2 Å². The Morgan fingerprint density at radius 3 is 2.63 bits per heavy atom. The zero-order valence-electron chi connectivity index (χ0n) is 12.7. The molecule has 1 N–H and O–H groups in total. The van der Waals surface area contributed by atoms with Crippen molar-refractivity contribution in [2.45, 2.75) is 46.1 Å². The Morgan fingerprint density at radius 1 is 1.37 bits per heavy atom. The summed E-state index contributed by atoms with van der Waals surface area (Å²) in [5, 5.41) is 3.45. The quantitative estimate of drug-likeness (QED) is 0.736. The highest BCUT2D eigenvalue weighted by atomic mass is 32.2. The van der Waals surface area contributed by atoms with Crippen LogP contribution in [0.1, 0.15) is 40.0 Å². The van der Waals surface area contributed by atoms with Gasteiger partial charge in [0, 0.05) is 18.3 Å². The molecule has 1 atom stereocenters. The molecular formula is C14H30N2O2S. The van der Waals surface area contributed by atoms with Crippen molar-refractivity contribution in [3.63, 3.8) is 0 Å². The zero-order valence-corrected chi connectivity index (χ0v) is 13.5. The van der Waals surface area contributed by atoms with Gasteiger partial charge in [0.05, 0.1) is 5.75 Å². The molecule has 0 bridgehead atoms. The maximum absolute atomic E-state index is 11.5. The molecule has 1 aliphatic rings. The molecule has 19 heavy (non-hydrogen) atoms. The molecule has 1 heterocycles. The van der Waals surface area contributed by atoms with Crippen LogP contribution in [0.25, 0.3) is 0 Å².